The smallest absolute Gasteiger partial charge is 0.271 e. The fourth-order valence-electron chi connectivity index (χ4n) is 2.74. The third-order valence-corrected chi connectivity index (χ3v) is 4.34. The Hall–Kier alpha value is -3.87. The molecule has 7 heteroatoms. The largest absolute Gasteiger partial charge is 0.493 e. The summed E-state index contributed by atoms with van der Waals surface area (Å²) in [6, 6.07) is 18.5. The first-order valence-electron chi connectivity index (χ1n) is 9.71. The molecule has 0 saturated carbocycles. The Morgan fingerprint density at radius 2 is 1.81 bits per heavy atom. The van der Waals surface area contributed by atoms with Gasteiger partial charge in [-0.2, -0.15) is 5.10 Å². The van der Waals surface area contributed by atoms with E-state index in [1.54, 1.807) is 60.7 Å². The van der Waals surface area contributed by atoms with Crippen molar-refractivity contribution in [2.75, 3.05) is 13.7 Å². The lowest BCUT2D eigenvalue weighted by atomic mass is 10.2. The fourth-order valence-corrected chi connectivity index (χ4v) is 2.74. The molecule has 0 aromatic heterocycles. The third-order valence-electron chi connectivity index (χ3n) is 4.34. The number of rotatable bonds is 9. The zero-order valence-electron chi connectivity index (χ0n) is 17.3. The zero-order valence-corrected chi connectivity index (χ0v) is 17.3. The lowest BCUT2D eigenvalue weighted by Crippen LogP contribution is -2.17. The molecule has 0 aliphatic rings. The number of amides is 1. The number of halogens is 1. The maximum Gasteiger partial charge on any atom is 0.271 e. The van der Waals surface area contributed by atoms with Crippen molar-refractivity contribution in [3.63, 3.8) is 0 Å². The molecule has 31 heavy (non-hydrogen) atoms. The summed E-state index contributed by atoms with van der Waals surface area (Å²) in [6.45, 7) is 2.45. The lowest BCUT2D eigenvalue weighted by Gasteiger charge is -2.10. The molecular weight excluding hydrogens is 399 g/mol. The Kier molecular flexibility index (Phi) is 7.59. The van der Waals surface area contributed by atoms with Crippen LogP contribution in [0.1, 0.15) is 28.4 Å². The molecule has 0 heterocycles. The molecule has 3 aromatic carbocycles. The van der Waals surface area contributed by atoms with Gasteiger partial charge in [-0.15, -0.1) is 0 Å². The number of carbonyl (C=O) groups excluding carboxylic acids is 1. The molecule has 0 bridgehead atoms. The minimum atomic E-state index is -0.371. The van der Waals surface area contributed by atoms with Gasteiger partial charge in [0.15, 0.2) is 11.5 Å². The number of benzene rings is 3. The van der Waals surface area contributed by atoms with Crippen molar-refractivity contribution >= 4 is 12.1 Å². The van der Waals surface area contributed by atoms with Crippen LogP contribution in [0.2, 0.25) is 0 Å². The SMILES string of the molecule is CCOc1cc(C(=O)N/N=C/c2ccc(OCc3ccccc3F)cc2)ccc1OC. The van der Waals surface area contributed by atoms with Crippen LogP contribution in [-0.4, -0.2) is 25.8 Å². The van der Waals surface area contributed by atoms with Crippen LogP contribution in [0.4, 0.5) is 4.39 Å². The molecule has 0 aliphatic heterocycles. The molecule has 0 unspecified atom stereocenters. The Morgan fingerprint density at radius 1 is 1.03 bits per heavy atom. The molecule has 6 nitrogen and oxygen atoms in total. The first-order valence-corrected chi connectivity index (χ1v) is 9.71. The number of methoxy groups -OCH3 is 1. The van der Waals surface area contributed by atoms with Crippen molar-refractivity contribution in [1.29, 1.82) is 0 Å². The van der Waals surface area contributed by atoms with E-state index in [4.69, 9.17) is 14.2 Å². The van der Waals surface area contributed by atoms with Gasteiger partial charge in [0.1, 0.15) is 18.2 Å². The van der Waals surface area contributed by atoms with Crippen LogP contribution in [0.3, 0.4) is 0 Å². The second-order valence-electron chi connectivity index (χ2n) is 6.45. The van der Waals surface area contributed by atoms with E-state index < -0.39 is 0 Å². The van der Waals surface area contributed by atoms with Gasteiger partial charge in [-0.1, -0.05) is 18.2 Å². The molecule has 0 atom stereocenters. The van der Waals surface area contributed by atoms with Gasteiger partial charge < -0.3 is 14.2 Å². The second kappa shape index (κ2) is 10.8. The van der Waals surface area contributed by atoms with Crippen molar-refractivity contribution in [1.82, 2.24) is 5.43 Å². The molecule has 3 aromatic rings. The first kappa shape index (κ1) is 21.8. The van der Waals surface area contributed by atoms with E-state index in [2.05, 4.69) is 10.5 Å². The summed E-state index contributed by atoms with van der Waals surface area (Å²) in [5.41, 5.74) is 4.14. The molecule has 0 spiro atoms. The second-order valence-corrected chi connectivity index (χ2v) is 6.45. The molecule has 0 saturated heterocycles. The fraction of sp³-hybridized carbons (Fsp3) is 0.167. The number of hydrogen-bond donors (Lipinski definition) is 1. The van der Waals surface area contributed by atoms with Gasteiger partial charge in [-0.3, -0.25) is 4.79 Å². The minimum absolute atomic E-state index is 0.141. The maximum absolute atomic E-state index is 13.6. The van der Waals surface area contributed by atoms with E-state index in [0.29, 0.717) is 35.0 Å². The van der Waals surface area contributed by atoms with E-state index in [1.165, 1.54) is 19.4 Å². The van der Waals surface area contributed by atoms with E-state index >= 15 is 0 Å². The predicted molar refractivity (Wildman–Crippen MR) is 116 cm³/mol. The van der Waals surface area contributed by atoms with Crippen LogP contribution in [0.5, 0.6) is 17.2 Å². The topological polar surface area (TPSA) is 69.2 Å². The van der Waals surface area contributed by atoms with Crippen LogP contribution in [0.25, 0.3) is 0 Å². The standard InChI is InChI=1S/C24H23FN2O4/c1-3-30-23-14-18(10-13-22(23)29-2)24(28)27-26-15-17-8-11-20(12-9-17)31-16-19-6-4-5-7-21(19)25/h4-15H,3,16H2,1-2H3,(H,27,28)/b26-15+. The van der Waals surface area contributed by atoms with Crippen LogP contribution < -0.4 is 19.6 Å². The maximum atomic E-state index is 13.6. The molecule has 1 N–H and O–H groups in total. The highest BCUT2D eigenvalue weighted by Crippen LogP contribution is 2.28. The lowest BCUT2D eigenvalue weighted by molar-refractivity contribution is 0.0954. The molecule has 160 valence electrons. The summed E-state index contributed by atoms with van der Waals surface area (Å²) in [5, 5.41) is 3.98. The van der Waals surface area contributed by atoms with Crippen LogP contribution >= 0.6 is 0 Å². The average Bonchev–Trinajstić information content (AvgIpc) is 2.79. The monoisotopic (exact) mass is 422 g/mol. The normalized spacial score (nSPS) is 10.7. The van der Waals surface area contributed by atoms with Gasteiger partial charge in [0, 0.05) is 11.1 Å². The average molecular weight is 422 g/mol. The van der Waals surface area contributed by atoms with Crippen molar-refractivity contribution in [3.8, 4) is 17.2 Å². The van der Waals surface area contributed by atoms with E-state index in [9.17, 15) is 9.18 Å². The Labute approximate surface area is 180 Å². The number of carbonyl (C=O) groups is 1. The van der Waals surface area contributed by atoms with Gasteiger partial charge in [0.05, 0.1) is 19.9 Å². The van der Waals surface area contributed by atoms with Gasteiger partial charge in [-0.25, -0.2) is 9.82 Å². The zero-order chi connectivity index (χ0) is 22.1. The number of ether oxygens (including phenoxy) is 3. The van der Waals surface area contributed by atoms with E-state index in [1.807, 2.05) is 6.92 Å². The first-order chi connectivity index (χ1) is 15.1. The molecule has 0 aliphatic carbocycles. The third kappa shape index (κ3) is 6.05. The summed E-state index contributed by atoms with van der Waals surface area (Å²) in [5.74, 6) is 0.981. The Bertz CT molecular complexity index is 1050. The summed E-state index contributed by atoms with van der Waals surface area (Å²) < 4.78 is 29.9. The molecule has 0 radical (unpaired) electrons. The van der Waals surface area contributed by atoms with Gasteiger partial charge in [0.25, 0.3) is 5.91 Å². The molecular formula is C24H23FN2O4. The summed E-state index contributed by atoms with van der Waals surface area (Å²) >= 11 is 0. The highest BCUT2D eigenvalue weighted by molar-refractivity contribution is 5.95. The number of nitrogens with one attached hydrogen (secondary N) is 1. The summed E-state index contributed by atoms with van der Waals surface area (Å²) in [4.78, 5) is 12.3. The van der Waals surface area contributed by atoms with Crippen LogP contribution in [0.15, 0.2) is 71.8 Å². The Balaban J connectivity index is 1.55. The van der Waals surface area contributed by atoms with E-state index in [-0.39, 0.29) is 18.3 Å². The predicted octanol–water partition coefficient (Wildman–Crippen LogP) is 4.58. The summed E-state index contributed by atoms with van der Waals surface area (Å²) in [6.07, 6.45) is 1.52. The van der Waals surface area contributed by atoms with Crippen LogP contribution in [-0.2, 0) is 6.61 Å². The van der Waals surface area contributed by atoms with Crippen molar-refractivity contribution in [2.24, 2.45) is 5.10 Å². The van der Waals surface area contributed by atoms with Crippen molar-refractivity contribution in [3.05, 3.63) is 89.2 Å². The quantitative estimate of drug-likeness (QED) is 0.405. The van der Waals surface area contributed by atoms with E-state index in [0.717, 1.165) is 5.56 Å². The Morgan fingerprint density at radius 3 is 2.52 bits per heavy atom. The summed E-state index contributed by atoms with van der Waals surface area (Å²) in [7, 11) is 1.54. The number of hydrazone groups is 1. The van der Waals surface area contributed by atoms with Gasteiger partial charge in [0.2, 0.25) is 0 Å². The number of hydrogen-bond acceptors (Lipinski definition) is 5. The van der Waals surface area contributed by atoms with Gasteiger partial charge in [-0.05, 0) is 61.0 Å². The van der Waals surface area contributed by atoms with Gasteiger partial charge >= 0.3 is 0 Å². The van der Waals surface area contributed by atoms with Crippen molar-refractivity contribution in [2.45, 2.75) is 13.5 Å². The highest BCUT2D eigenvalue weighted by atomic mass is 19.1. The minimum Gasteiger partial charge on any atom is -0.493 e. The van der Waals surface area contributed by atoms with Crippen LogP contribution in [0, 0.1) is 5.82 Å². The highest BCUT2D eigenvalue weighted by Gasteiger charge is 2.10. The number of nitrogens with zero attached hydrogens (tertiary/aromatic N) is 1. The van der Waals surface area contributed by atoms with Crippen molar-refractivity contribution < 1.29 is 23.4 Å². The molecule has 0 fully saturated rings. The molecule has 1 amide bonds. The molecule has 3 rings (SSSR count).